The summed E-state index contributed by atoms with van der Waals surface area (Å²) in [6.45, 7) is 2.50. The van der Waals surface area contributed by atoms with Crippen molar-refractivity contribution in [3.05, 3.63) is 262 Å². The number of benzene rings is 8. The molecule has 4 aliphatic carbocycles. The summed E-state index contributed by atoms with van der Waals surface area (Å²) in [6, 6.07) is 43.5. The van der Waals surface area contributed by atoms with Gasteiger partial charge in [-0.25, -0.2) is 0 Å². The molecule has 1 fully saturated rings. The Balaban J connectivity index is 0.000000163. The molecule has 99 heavy (non-hydrogen) atoms. The maximum atomic E-state index is 12.3. The van der Waals surface area contributed by atoms with Gasteiger partial charge in [0.05, 0.1) is 0 Å². The van der Waals surface area contributed by atoms with Crippen molar-refractivity contribution in [3.63, 3.8) is 0 Å². The second-order valence-electron chi connectivity index (χ2n) is 21.8. The van der Waals surface area contributed by atoms with E-state index in [9.17, 15) is 110 Å². The van der Waals surface area contributed by atoms with Gasteiger partial charge in [0, 0.05) is 67.6 Å². The minimum atomic E-state index is -5.10. The minimum Gasteiger partial charge on any atom is -0.331 e. The van der Waals surface area contributed by atoms with Gasteiger partial charge in [-0.2, -0.15) is 52.7 Å². The normalized spacial score (nSPS) is 13.1. The largest absolute Gasteiger partial charge is 3.00 e. The Hall–Kier alpha value is -10.0. The van der Waals surface area contributed by atoms with Crippen molar-refractivity contribution in [1.29, 1.82) is 0 Å². The Morgan fingerprint density at radius 3 is 0.606 bits per heavy atom. The van der Waals surface area contributed by atoms with Crippen LogP contribution in [0.15, 0.2) is 170 Å². The standard InChI is InChI=1S/4C17H8F3O3.C5H11N.Eu/c4*18-17(19,20)15(22)8-14(21)9-5-6-11-10-3-1-2-4-12(10)16(23)13(11)7-9;1-2-4-6-5-3-1;/h4*1-8H;6H,1-5H2;/q4*-1;;+3. The van der Waals surface area contributed by atoms with Gasteiger partial charge in [-0.3, -0.25) is 19.2 Å². The van der Waals surface area contributed by atoms with Crippen LogP contribution in [0, 0.1) is 75.1 Å². The number of nitrogens with one attached hydrogen (secondary N) is 1. The van der Waals surface area contributed by atoms with Gasteiger partial charge >= 0.3 is 74.1 Å². The molecule has 0 aromatic heterocycles. The molecule has 0 spiro atoms. The zero-order chi connectivity index (χ0) is 71.3. The van der Waals surface area contributed by atoms with Crippen molar-refractivity contribution in [1.82, 2.24) is 5.32 Å². The van der Waals surface area contributed by atoms with Crippen LogP contribution < -0.4 is 5.32 Å². The predicted molar refractivity (Wildman–Crippen MR) is 327 cm³/mol. The molecule has 0 unspecified atom stereocenters. The van der Waals surface area contributed by atoms with Gasteiger partial charge in [0.1, 0.15) is 0 Å². The second-order valence-corrected chi connectivity index (χ2v) is 21.8. The molecule has 0 amide bonds. The van der Waals surface area contributed by atoms with E-state index in [-0.39, 0.29) is 143 Å². The number of rotatable bonds is 12. The number of hydrogen-bond donors (Lipinski definition) is 1. The summed E-state index contributed by atoms with van der Waals surface area (Å²) in [6.07, 6.45) is -16.2. The fourth-order valence-electron chi connectivity index (χ4n) is 10.7. The first-order valence-electron chi connectivity index (χ1n) is 29.0. The van der Waals surface area contributed by atoms with Crippen molar-refractivity contribution < 1.29 is 160 Å². The average Bonchev–Trinajstić information content (AvgIpc) is 1.65. The third kappa shape index (κ3) is 16.9. The molecule has 8 aromatic carbocycles. The SMILES string of the molecule is C1CCNCC1.O=C([CH-]C(=O)C(F)(F)F)c1ccc2c(c1)C(=O)c1ccccc1-2.O=C([CH-]C(=O)C(F)(F)F)c1ccc2c(c1)C(=O)c1ccccc1-2.O=C([CH-]C(=O)C(F)(F)F)c1ccc2c(c1)C(=O)c1ccccc1-2.O=C([CH-]C(=O)C(F)(F)F)c1ccc2c(c1)C(=O)c1ccccc1-2.[Eu+3]. The Morgan fingerprint density at radius 1 is 0.263 bits per heavy atom. The van der Waals surface area contributed by atoms with Gasteiger partial charge in [0.15, 0.2) is 46.3 Å². The number of ketones is 12. The Bertz CT molecular complexity index is 4090. The molecule has 504 valence electrons. The number of fused-ring (bicyclic) bond motifs is 12. The molecule has 1 aliphatic heterocycles. The topological polar surface area (TPSA) is 217 Å². The van der Waals surface area contributed by atoms with E-state index in [0.29, 0.717) is 66.8 Å². The number of Topliss-reactive ketones (excluding diaryl/α,β-unsaturated/α-hetero) is 8. The van der Waals surface area contributed by atoms with Crippen LogP contribution in [0.25, 0.3) is 44.5 Å². The van der Waals surface area contributed by atoms with Crippen molar-refractivity contribution in [2.24, 2.45) is 0 Å². The Morgan fingerprint density at radius 2 is 0.444 bits per heavy atom. The third-order valence-corrected chi connectivity index (χ3v) is 15.4. The summed E-state index contributed by atoms with van der Waals surface area (Å²) in [4.78, 5) is 140. The van der Waals surface area contributed by atoms with Crippen LogP contribution in [-0.4, -0.2) is 107 Å². The number of piperidine rings is 1. The summed E-state index contributed by atoms with van der Waals surface area (Å²) in [5, 5.41) is 3.28. The summed E-state index contributed by atoms with van der Waals surface area (Å²) in [7, 11) is 0. The maximum Gasteiger partial charge on any atom is 3.00 e. The van der Waals surface area contributed by atoms with Crippen LogP contribution in [0.5, 0.6) is 0 Å². The van der Waals surface area contributed by atoms with E-state index in [0.717, 1.165) is 0 Å². The van der Waals surface area contributed by atoms with Crippen LogP contribution in [0.4, 0.5) is 52.7 Å². The number of alkyl halides is 12. The molecule has 0 saturated carbocycles. The first-order valence-corrected chi connectivity index (χ1v) is 29.0. The molecule has 13 nitrogen and oxygen atoms in total. The van der Waals surface area contributed by atoms with Crippen LogP contribution >= 0.6 is 0 Å². The molecule has 0 atom stereocenters. The van der Waals surface area contributed by atoms with Crippen molar-refractivity contribution in [2.45, 2.75) is 44.0 Å². The van der Waals surface area contributed by atoms with Crippen molar-refractivity contribution >= 4 is 69.4 Å². The zero-order valence-corrected chi connectivity index (χ0v) is 52.7. The van der Waals surface area contributed by atoms with Gasteiger partial charge in [-0.1, -0.05) is 128 Å². The first kappa shape index (κ1) is 74.8. The molecule has 1 heterocycles. The fraction of sp³-hybridized carbons (Fsp3) is 0.123. The van der Waals surface area contributed by atoms with Crippen molar-refractivity contribution in [2.75, 3.05) is 13.1 Å². The molecule has 26 heteroatoms. The van der Waals surface area contributed by atoms with Gasteiger partial charge in [-0.05, 0) is 70.4 Å². The molecule has 0 radical (unpaired) electrons. The van der Waals surface area contributed by atoms with E-state index in [1.54, 1.807) is 97.1 Å². The van der Waals surface area contributed by atoms with Crippen LogP contribution in [-0.2, 0) is 19.2 Å². The van der Waals surface area contributed by atoms with E-state index >= 15 is 0 Å². The summed E-state index contributed by atoms with van der Waals surface area (Å²) in [5.41, 5.74) is 7.61. The average molecular weight is 1510 g/mol. The van der Waals surface area contributed by atoms with E-state index in [1.165, 1.54) is 105 Å². The maximum absolute atomic E-state index is 12.3. The van der Waals surface area contributed by atoms with E-state index in [4.69, 9.17) is 0 Å². The van der Waals surface area contributed by atoms with Crippen molar-refractivity contribution in [3.8, 4) is 44.5 Å². The number of carbonyl (C=O) groups excluding carboxylic acids is 12. The zero-order valence-electron chi connectivity index (χ0n) is 50.3. The van der Waals surface area contributed by atoms with E-state index in [1.807, 2.05) is 0 Å². The summed E-state index contributed by atoms with van der Waals surface area (Å²) >= 11 is 0. The van der Waals surface area contributed by atoms with Crippen LogP contribution in [0.1, 0.15) is 124 Å². The monoisotopic (exact) mass is 1510 g/mol. The van der Waals surface area contributed by atoms with Gasteiger partial charge in [0.2, 0.25) is 0 Å². The molecular weight excluding hydrogens is 1460 g/mol. The Kier molecular flexibility index (Phi) is 23.0. The molecular formula is C73H43EuF12NO12-. The molecule has 0 bridgehead atoms. The van der Waals surface area contributed by atoms with Gasteiger partial charge in [0.25, 0.3) is 0 Å². The van der Waals surface area contributed by atoms with Gasteiger partial charge < -0.3 is 43.7 Å². The second kappa shape index (κ2) is 30.4. The third-order valence-electron chi connectivity index (χ3n) is 15.4. The number of hydrogen-bond acceptors (Lipinski definition) is 13. The molecule has 8 aromatic rings. The molecule has 1 saturated heterocycles. The smallest absolute Gasteiger partial charge is 0.331 e. The van der Waals surface area contributed by atoms with Crippen LogP contribution in [0.3, 0.4) is 0 Å². The number of carbonyl (C=O) groups is 12. The first-order chi connectivity index (χ1) is 46.1. The predicted octanol–water partition coefficient (Wildman–Crippen LogP) is 14.4. The molecule has 13 rings (SSSR count). The molecule has 5 aliphatic rings. The van der Waals surface area contributed by atoms with Crippen LogP contribution in [0.2, 0.25) is 0 Å². The van der Waals surface area contributed by atoms with Gasteiger partial charge in [-0.15, -0.1) is 96.5 Å². The molecule has 1 N–H and O–H groups in total. The Labute approximate surface area is 593 Å². The summed E-state index contributed by atoms with van der Waals surface area (Å²) < 4.78 is 146. The minimum absolute atomic E-state index is 0. The summed E-state index contributed by atoms with van der Waals surface area (Å²) in [5.74, 6) is -14.4. The quantitative estimate of drug-likeness (QED) is 0.0522. The fourth-order valence-corrected chi connectivity index (χ4v) is 10.7. The van der Waals surface area contributed by atoms with E-state index in [2.05, 4.69) is 5.32 Å². The number of halogens is 12. The van der Waals surface area contributed by atoms with E-state index < -0.39 is 71.0 Å².